The average Bonchev–Trinajstić information content (AvgIpc) is 2.76. The van der Waals surface area contributed by atoms with Crippen LogP contribution in [0.3, 0.4) is 0 Å². The van der Waals surface area contributed by atoms with E-state index in [0.29, 0.717) is 12.0 Å². The summed E-state index contributed by atoms with van der Waals surface area (Å²) < 4.78 is 5.58. The molecule has 0 bridgehead atoms. The maximum absolute atomic E-state index is 6.22. The molecule has 1 aliphatic rings. The predicted octanol–water partition coefficient (Wildman–Crippen LogP) is 2.80. The molecule has 1 aromatic rings. The van der Waals surface area contributed by atoms with Gasteiger partial charge in [0.15, 0.2) is 0 Å². The maximum atomic E-state index is 6.22. The van der Waals surface area contributed by atoms with Gasteiger partial charge in [0.05, 0.1) is 12.6 Å². The van der Waals surface area contributed by atoms with Crippen molar-refractivity contribution in [1.82, 2.24) is 4.90 Å². The molecule has 1 saturated heterocycles. The smallest absolute Gasteiger partial charge is 0.0588 e. The zero-order valence-electron chi connectivity index (χ0n) is 12.3. The molecule has 108 valence electrons. The molecule has 1 aliphatic heterocycles. The highest BCUT2D eigenvalue weighted by atomic mass is 32.1. The number of nitrogens with two attached hydrogens (primary N) is 1. The number of likely N-dealkylation sites (N-methyl/N-ethyl adjacent to an activating group) is 1. The van der Waals surface area contributed by atoms with Crippen molar-refractivity contribution in [2.24, 2.45) is 11.7 Å². The van der Waals surface area contributed by atoms with Crippen LogP contribution < -0.4 is 5.73 Å². The van der Waals surface area contributed by atoms with Crippen molar-refractivity contribution in [1.29, 1.82) is 0 Å². The topological polar surface area (TPSA) is 38.5 Å². The van der Waals surface area contributed by atoms with Crippen molar-refractivity contribution < 1.29 is 4.74 Å². The number of thiophene rings is 1. The number of hydrogen-bond donors (Lipinski definition) is 1. The first kappa shape index (κ1) is 15.0. The van der Waals surface area contributed by atoms with Crippen LogP contribution in [-0.2, 0) is 4.74 Å². The van der Waals surface area contributed by atoms with Crippen LogP contribution >= 0.6 is 11.3 Å². The Morgan fingerprint density at radius 3 is 2.84 bits per heavy atom. The van der Waals surface area contributed by atoms with Crippen LogP contribution in [0, 0.1) is 12.8 Å². The van der Waals surface area contributed by atoms with E-state index in [2.05, 4.69) is 37.9 Å². The van der Waals surface area contributed by atoms with Gasteiger partial charge in [0, 0.05) is 28.9 Å². The van der Waals surface area contributed by atoms with Gasteiger partial charge in [0.25, 0.3) is 0 Å². The van der Waals surface area contributed by atoms with E-state index in [9.17, 15) is 0 Å². The molecule has 0 aromatic carbocycles. The summed E-state index contributed by atoms with van der Waals surface area (Å²) in [7, 11) is 2.19. The quantitative estimate of drug-likeness (QED) is 0.902. The second kappa shape index (κ2) is 6.84. The van der Waals surface area contributed by atoms with Crippen molar-refractivity contribution in [3.63, 3.8) is 0 Å². The number of nitrogens with zero attached hydrogens (tertiary/aromatic N) is 1. The second-order valence-corrected chi connectivity index (χ2v) is 7.09. The molecule has 3 nitrogen and oxygen atoms in total. The number of rotatable bonds is 5. The first-order valence-corrected chi connectivity index (χ1v) is 7.99. The molecule has 0 radical (unpaired) electrons. The normalized spacial score (nSPS) is 23.5. The van der Waals surface area contributed by atoms with Crippen molar-refractivity contribution in [3.05, 3.63) is 21.9 Å². The number of aryl methyl sites for hydroxylation is 1. The summed E-state index contributed by atoms with van der Waals surface area (Å²) in [4.78, 5) is 5.15. The molecule has 4 heteroatoms. The minimum absolute atomic E-state index is 0.146. The molecule has 19 heavy (non-hydrogen) atoms. The van der Waals surface area contributed by atoms with Crippen LogP contribution in [-0.4, -0.2) is 37.7 Å². The lowest BCUT2D eigenvalue weighted by Gasteiger charge is -2.34. The summed E-state index contributed by atoms with van der Waals surface area (Å²) in [5, 5.41) is 0. The summed E-state index contributed by atoms with van der Waals surface area (Å²) in [6, 6.07) is 4.88. The molecule has 1 aromatic heterocycles. The monoisotopic (exact) mass is 282 g/mol. The molecule has 1 fully saturated rings. The number of hydrogen-bond acceptors (Lipinski definition) is 4. The summed E-state index contributed by atoms with van der Waals surface area (Å²) >= 11 is 1.86. The molecule has 0 saturated carbocycles. The van der Waals surface area contributed by atoms with Crippen LogP contribution in [0.25, 0.3) is 0 Å². The van der Waals surface area contributed by atoms with Crippen LogP contribution in [0.4, 0.5) is 0 Å². The van der Waals surface area contributed by atoms with Crippen molar-refractivity contribution in [2.75, 3.05) is 26.8 Å². The molecule has 0 amide bonds. The van der Waals surface area contributed by atoms with Gasteiger partial charge < -0.3 is 10.5 Å². The zero-order valence-corrected chi connectivity index (χ0v) is 13.1. The Balaban J connectivity index is 2.01. The third kappa shape index (κ3) is 4.02. The lowest BCUT2D eigenvalue weighted by atomic mass is 9.99. The Labute approximate surface area is 120 Å². The molecule has 3 atom stereocenters. The Kier molecular flexibility index (Phi) is 5.39. The molecule has 3 unspecified atom stereocenters. The summed E-state index contributed by atoms with van der Waals surface area (Å²) in [5.74, 6) is 0.654. The van der Waals surface area contributed by atoms with E-state index in [1.807, 2.05) is 11.3 Å². The number of ether oxygens (including phenoxy) is 1. The maximum Gasteiger partial charge on any atom is 0.0588 e. The van der Waals surface area contributed by atoms with Crippen LogP contribution in [0.5, 0.6) is 0 Å². The van der Waals surface area contributed by atoms with Gasteiger partial charge in [-0.1, -0.05) is 0 Å². The Morgan fingerprint density at radius 2 is 2.32 bits per heavy atom. The summed E-state index contributed by atoms with van der Waals surface area (Å²) in [5.41, 5.74) is 6.22. The average molecular weight is 282 g/mol. The van der Waals surface area contributed by atoms with E-state index >= 15 is 0 Å². The van der Waals surface area contributed by atoms with Crippen molar-refractivity contribution in [3.8, 4) is 0 Å². The lowest BCUT2D eigenvalue weighted by Crippen LogP contribution is -2.40. The minimum atomic E-state index is 0.146. The third-order valence-electron chi connectivity index (χ3n) is 3.83. The van der Waals surface area contributed by atoms with Gasteiger partial charge in [-0.05, 0) is 51.8 Å². The van der Waals surface area contributed by atoms with Crippen LogP contribution in [0.15, 0.2) is 12.1 Å². The van der Waals surface area contributed by atoms with Crippen LogP contribution in [0.1, 0.15) is 35.6 Å². The third-order valence-corrected chi connectivity index (χ3v) is 4.90. The van der Waals surface area contributed by atoms with Gasteiger partial charge in [-0.3, -0.25) is 4.90 Å². The van der Waals surface area contributed by atoms with E-state index < -0.39 is 0 Å². The highest BCUT2D eigenvalue weighted by Crippen LogP contribution is 2.30. The highest BCUT2D eigenvalue weighted by molar-refractivity contribution is 7.12. The minimum Gasteiger partial charge on any atom is -0.381 e. The van der Waals surface area contributed by atoms with Crippen LogP contribution in [0.2, 0.25) is 0 Å². The molecule has 2 heterocycles. The van der Waals surface area contributed by atoms with Gasteiger partial charge in [-0.25, -0.2) is 0 Å². The second-order valence-electron chi connectivity index (χ2n) is 5.78. The highest BCUT2D eigenvalue weighted by Gasteiger charge is 2.25. The van der Waals surface area contributed by atoms with Gasteiger partial charge >= 0.3 is 0 Å². The first-order valence-electron chi connectivity index (χ1n) is 7.18. The van der Waals surface area contributed by atoms with E-state index in [-0.39, 0.29) is 6.04 Å². The Hall–Kier alpha value is -0.420. The molecule has 2 rings (SSSR count). The predicted molar refractivity (Wildman–Crippen MR) is 81.6 cm³/mol. The molecule has 0 spiro atoms. The van der Waals surface area contributed by atoms with Gasteiger partial charge in [-0.2, -0.15) is 0 Å². The van der Waals surface area contributed by atoms with E-state index in [1.165, 1.54) is 22.6 Å². The van der Waals surface area contributed by atoms with Gasteiger partial charge in [-0.15, -0.1) is 11.3 Å². The molecule has 0 aliphatic carbocycles. The first-order chi connectivity index (χ1) is 9.08. The molecular formula is C15H26N2OS. The SMILES string of the molecule is Cc1ccc(C(C(C)N)N(C)CC2CCCOC2)s1. The van der Waals surface area contributed by atoms with E-state index in [0.717, 1.165) is 19.8 Å². The van der Waals surface area contributed by atoms with E-state index in [1.54, 1.807) is 0 Å². The van der Waals surface area contributed by atoms with Crippen molar-refractivity contribution >= 4 is 11.3 Å². The van der Waals surface area contributed by atoms with E-state index in [4.69, 9.17) is 10.5 Å². The van der Waals surface area contributed by atoms with Gasteiger partial charge in [0.2, 0.25) is 0 Å². The Morgan fingerprint density at radius 1 is 1.53 bits per heavy atom. The zero-order chi connectivity index (χ0) is 13.8. The largest absolute Gasteiger partial charge is 0.381 e. The Bertz CT molecular complexity index is 385. The fraction of sp³-hybridized carbons (Fsp3) is 0.733. The van der Waals surface area contributed by atoms with Crippen molar-refractivity contribution in [2.45, 2.75) is 38.8 Å². The molecular weight excluding hydrogens is 256 g/mol. The summed E-state index contributed by atoms with van der Waals surface area (Å²) in [6.07, 6.45) is 2.47. The summed E-state index contributed by atoms with van der Waals surface area (Å²) in [6.45, 7) is 7.17. The standard InChI is InChI=1S/C15H26N2OS/c1-11-6-7-14(19-11)15(12(2)16)17(3)9-13-5-4-8-18-10-13/h6-7,12-13,15H,4-5,8-10,16H2,1-3H3. The fourth-order valence-electron chi connectivity index (χ4n) is 2.96. The molecule has 2 N–H and O–H groups in total. The fourth-order valence-corrected chi connectivity index (χ4v) is 4.12. The van der Waals surface area contributed by atoms with Gasteiger partial charge in [0.1, 0.15) is 0 Å². The lowest BCUT2D eigenvalue weighted by molar-refractivity contribution is 0.0347.